The van der Waals surface area contributed by atoms with E-state index in [-0.39, 0.29) is 0 Å². The van der Waals surface area contributed by atoms with Gasteiger partial charge in [-0.25, -0.2) is 23.5 Å². The molecule has 7 heteroatoms. The fraction of sp³-hybridized carbons (Fsp3) is 0.0833. The van der Waals surface area contributed by atoms with Crippen LogP contribution >= 0.6 is 0 Å². The lowest BCUT2D eigenvalue weighted by atomic mass is 10.1. The molecular formula is C12H8F2N2O3. The molecule has 0 amide bonds. The molecule has 0 unspecified atom stereocenters. The molecule has 0 aliphatic carbocycles. The van der Waals surface area contributed by atoms with Gasteiger partial charge in [0.05, 0.1) is 16.7 Å². The zero-order valence-corrected chi connectivity index (χ0v) is 9.22. The summed E-state index contributed by atoms with van der Waals surface area (Å²) in [5.74, 6) is -5.02. The van der Waals surface area contributed by atoms with Gasteiger partial charge in [-0.05, 0) is 18.2 Å². The third kappa shape index (κ3) is 2.35. The van der Waals surface area contributed by atoms with E-state index in [1.165, 1.54) is 0 Å². The van der Waals surface area contributed by atoms with E-state index < -0.39 is 47.5 Å². The van der Waals surface area contributed by atoms with Crippen LogP contribution in [-0.2, 0) is 0 Å². The van der Waals surface area contributed by atoms with Crippen LogP contribution in [-0.4, -0.2) is 28.1 Å². The smallest absolute Gasteiger partial charge is 0.354 e. The first-order valence-electron chi connectivity index (χ1n) is 6.43. The normalized spacial score (nSPS) is 13.3. The van der Waals surface area contributed by atoms with Crippen LogP contribution in [0.25, 0.3) is 11.4 Å². The fourth-order valence-corrected chi connectivity index (χ4v) is 1.44. The number of hydrogen-bond donors (Lipinski definition) is 1. The Morgan fingerprint density at radius 2 is 2.11 bits per heavy atom. The molecule has 98 valence electrons. The highest BCUT2D eigenvalue weighted by Gasteiger charge is 2.19. The molecular weight excluding hydrogens is 258 g/mol. The zero-order valence-electron chi connectivity index (χ0n) is 12.2. The minimum absolute atomic E-state index is 0.464. The third-order valence-corrected chi connectivity index (χ3v) is 2.26. The van der Waals surface area contributed by atoms with Crippen molar-refractivity contribution in [2.75, 3.05) is 7.04 Å². The molecule has 0 bridgehead atoms. The average Bonchev–Trinajstić information content (AvgIpc) is 2.42. The fourth-order valence-electron chi connectivity index (χ4n) is 1.44. The van der Waals surface area contributed by atoms with Crippen molar-refractivity contribution in [3.63, 3.8) is 0 Å². The minimum Gasteiger partial charge on any atom is -0.493 e. The van der Waals surface area contributed by atoms with Crippen LogP contribution in [0.1, 0.15) is 14.6 Å². The van der Waals surface area contributed by atoms with Gasteiger partial charge in [-0.3, -0.25) is 0 Å². The summed E-state index contributed by atoms with van der Waals surface area (Å²) in [4.78, 5) is 18.1. The number of halogens is 2. The summed E-state index contributed by atoms with van der Waals surface area (Å²) in [6, 6.07) is 2.46. The molecule has 1 aromatic heterocycles. The van der Waals surface area contributed by atoms with Gasteiger partial charge >= 0.3 is 5.97 Å². The monoisotopic (exact) mass is 269 g/mol. The molecule has 0 saturated carbocycles. The molecule has 2 rings (SSSR count). The number of benzene rings is 1. The molecule has 0 spiro atoms. The van der Waals surface area contributed by atoms with E-state index in [4.69, 9.17) is 9.22 Å². The van der Waals surface area contributed by atoms with Gasteiger partial charge in [-0.15, -0.1) is 0 Å². The summed E-state index contributed by atoms with van der Waals surface area (Å²) < 4.78 is 53.2. The van der Waals surface area contributed by atoms with Gasteiger partial charge in [-0.1, -0.05) is 0 Å². The lowest BCUT2D eigenvalue weighted by molar-refractivity contribution is 0.0690. The topological polar surface area (TPSA) is 72.3 Å². The first-order valence-corrected chi connectivity index (χ1v) is 4.93. The highest BCUT2D eigenvalue weighted by atomic mass is 19.1. The number of nitrogens with zero attached hydrogens (tertiary/aromatic N) is 2. The summed E-state index contributed by atoms with van der Waals surface area (Å²) in [7, 11) is -3.03. The van der Waals surface area contributed by atoms with E-state index in [0.29, 0.717) is 6.07 Å². The second-order valence-corrected chi connectivity index (χ2v) is 3.41. The highest BCUT2D eigenvalue weighted by Crippen LogP contribution is 2.32. The Hall–Kier alpha value is -2.57. The number of carbonyl (C=O) groups is 1. The van der Waals surface area contributed by atoms with Crippen molar-refractivity contribution in [3.05, 3.63) is 41.7 Å². The van der Waals surface area contributed by atoms with E-state index in [0.717, 1.165) is 18.3 Å². The van der Waals surface area contributed by atoms with Crippen LogP contribution in [0.15, 0.2) is 24.4 Å². The van der Waals surface area contributed by atoms with Crippen LogP contribution in [0.2, 0.25) is 0 Å². The Bertz CT molecular complexity index is 738. The Balaban J connectivity index is 2.66. The van der Waals surface area contributed by atoms with Crippen LogP contribution in [0.5, 0.6) is 5.75 Å². The summed E-state index contributed by atoms with van der Waals surface area (Å²) in [5, 5.41) is 8.86. The lowest BCUT2D eigenvalue weighted by Crippen LogP contribution is -2.04. The van der Waals surface area contributed by atoms with Crippen LogP contribution in [0, 0.1) is 11.6 Å². The summed E-state index contributed by atoms with van der Waals surface area (Å²) in [5.41, 5.74) is -1.13. The Kier molecular flexibility index (Phi) is 2.45. The molecule has 19 heavy (non-hydrogen) atoms. The van der Waals surface area contributed by atoms with Crippen LogP contribution in [0.4, 0.5) is 8.78 Å². The van der Waals surface area contributed by atoms with E-state index in [1.54, 1.807) is 0 Å². The van der Waals surface area contributed by atoms with E-state index in [2.05, 4.69) is 14.7 Å². The van der Waals surface area contributed by atoms with Crippen molar-refractivity contribution in [2.24, 2.45) is 0 Å². The van der Waals surface area contributed by atoms with Gasteiger partial charge in [-0.2, -0.15) is 0 Å². The number of aromatic nitrogens is 2. The number of aromatic carboxylic acids is 1. The molecule has 1 N–H and O–H groups in total. The van der Waals surface area contributed by atoms with Crippen molar-refractivity contribution >= 4 is 5.97 Å². The Labute approximate surface area is 110 Å². The van der Waals surface area contributed by atoms with Gasteiger partial charge < -0.3 is 9.84 Å². The van der Waals surface area contributed by atoms with Crippen molar-refractivity contribution in [1.29, 1.82) is 0 Å². The molecule has 0 atom stereocenters. The summed E-state index contributed by atoms with van der Waals surface area (Å²) >= 11 is 0. The first kappa shape index (κ1) is 9.37. The number of rotatable bonds is 3. The number of methoxy groups -OCH3 is 1. The highest BCUT2D eigenvalue weighted by molar-refractivity contribution is 5.85. The maximum atomic E-state index is 14.0. The minimum atomic E-state index is -3.03. The summed E-state index contributed by atoms with van der Waals surface area (Å²) in [6.07, 6.45) is 1.02. The second kappa shape index (κ2) is 4.97. The molecule has 0 aliphatic heterocycles. The molecule has 1 aromatic carbocycles. The van der Waals surface area contributed by atoms with Crippen LogP contribution in [0.3, 0.4) is 0 Å². The largest absolute Gasteiger partial charge is 0.493 e. The van der Waals surface area contributed by atoms with Crippen molar-refractivity contribution in [3.8, 4) is 17.1 Å². The first-order chi connectivity index (χ1) is 10.2. The van der Waals surface area contributed by atoms with E-state index in [1.807, 2.05) is 0 Å². The van der Waals surface area contributed by atoms with Gasteiger partial charge in [0.15, 0.2) is 23.1 Å². The Morgan fingerprint density at radius 3 is 2.79 bits per heavy atom. The maximum Gasteiger partial charge on any atom is 0.354 e. The molecule has 0 radical (unpaired) electrons. The van der Waals surface area contributed by atoms with Crippen molar-refractivity contribution in [2.45, 2.75) is 0 Å². The molecule has 2 aromatic rings. The predicted octanol–water partition coefficient (Wildman–Crippen LogP) is 2.13. The molecule has 0 aliphatic rings. The zero-order chi connectivity index (χ0) is 16.5. The number of carboxylic acids is 1. The van der Waals surface area contributed by atoms with Crippen molar-refractivity contribution in [1.82, 2.24) is 9.97 Å². The van der Waals surface area contributed by atoms with E-state index >= 15 is 0 Å². The quantitative estimate of drug-likeness (QED) is 0.924. The van der Waals surface area contributed by atoms with Gasteiger partial charge in [0.2, 0.25) is 0 Å². The lowest BCUT2D eigenvalue weighted by Gasteiger charge is -2.09. The third-order valence-electron chi connectivity index (χ3n) is 2.26. The SMILES string of the molecule is [2H]C([2H])([2H])Oc1c(F)ccc(F)c1-c1nccc(C(=O)O)n1. The average molecular weight is 269 g/mol. The van der Waals surface area contributed by atoms with Gasteiger partial charge in [0.1, 0.15) is 5.82 Å². The molecule has 0 saturated heterocycles. The molecule has 5 nitrogen and oxygen atoms in total. The maximum absolute atomic E-state index is 14.0. The van der Waals surface area contributed by atoms with Crippen LogP contribution < -0.4 is 4.74 Å². The van der Waals surface area contributed by atoms with Gasteiger partial charge in [0.25, 0.3) is 0 Å². The predicted molar refractivity (Wildman–Crippen MR) is 60.9 cm³/mol. The number of ether oxygens (including phenoxy) is 1. The number of carboxylic acid groups (broad SMARTS) is 1. The Morgan fingerprint density at radius 1 is 1.37 bits per heavy atom. The van der Waals surface area contributed by atoms with Crippen molar-refractivity contribution < 1.29 is 27.5 Å². The molecule has 0 fully saturated rings. The standard InChI is InChI=1S/C12H8F2N2O3/c1-19-10-7(14)3-2-6(13)9(10)11-15-5-4-8(16-11)12(17)18/h2-5H,1H3,(H,17,18)/i1D3. The number of hydrogen-bond acceptors (Lipinski definition) is 4. The van der Waals surface area contributed by atoms with E-state index in [9.17, 15) is 13.6 Å². The molecule has 1 heterocycles. The summed E-state index contributed by atoms with van der Waals surface area (Å²) in [6.45, 7) is 0. The van der Waals surface area contributed by atoms with Gasteiger partial charge in [0, 0.05) is 6.20 Å². The second-order valence-electron chi connectivity index (χ2n) is 3.41.